The van der Waals surface area contributed by atoms with Crippen LogP contribution in [0.4, 0.5) is 5.69 Å². The Balaban J connectivity index is 1.86. The maximum absolute atomic E-state index is 12.0. The maximum Gasteiger partial charge on any atom is 0.270 e. The Bertz CT molecular complexity index is 810. The molecular formula is C16H13Cl2N3O4. The second-order valence-electron chi connectivity index (χ2n) is 4.94. The van der Waals surface area contributed by atoms with Gasteiger partial charge in [-0.05, 0) is 30.3 Å². The average molecular weight is 382 g/mol. The van der Waals surface area contributed by atoms with Gasteiger partial charge in [0.05, 0.1) is 15.5 Å². The molecule has 2 amide bonds. The summed E-state index contributed by atoms with van der Waals surface area (Å²) < 4.78 is 0. The molecule has 2 aromatic carbocycles. The molecule has 0 aliphatic carbocycles. The number of nitrogens with zero attached hydrogens (tertiary/aromatic N) is 1. The van der Waals surface area contributed by atoms with Crippen molar-refractivity contribution in [2.45, 2.75) is 0 Å². The van der Waals surface area contributed by atoms with Gasteiger partial charge in [0.1, 0.15) is 0 Å². The van der Waals surface area contributed by atoms with Crippen molar-refractivity contribution in [1.29, 1.82) is 0 Å². The summed E-state index contributed by atoms with van der Waals surface area (Å²) in [6.07, 6.45) is 0. The molecule has 130 valence electrons. The minimum atomic E-state index is -0.612. The summed E-state index contributed by atoms with van der Waals surface area (Å²) in [6.45, 7) is 0.316. The highest BCUT2D eigenvalue weighted by Gasteiger charge is 2.15. The highest BCUT2D eigenvalue weighted by atomic mass is 35.5. The predicted molar refractivity (Wildman–Crippen MR) is 94.2 cm³/mol. The molecule has 0 bridgehead atoms. The normalized spacial score (nSPS) is 10.2. The molecule has 0 fully saturated rings. The Morgan fingerprint density at radius 1 is 0.960 bits per heavy atom. The largest absolute Gasteiger partial charge is 0.350 e. The van der Waals surface area contributed by atoms with E-state index in [-0.39, 0.29) is 35.3 Å². The second kappa shape index (κ2) is 8.46. The first-order valence-electron chi connectivity index (χ1n) is 7.14. The molecule has 2 aromatic rings. The smallest absolute Gasteiger partial charge is 0.270 e. The molecule has 0 saturated heterocycles. The highest BCUT2D eigenvalue weighted by Crippen LogP contribution is 2.21. The maximum atomic E-state index is 12.0. The van der Waals surface area contributed by atoms with E-state index in [1.54, 1.807) is 24.3 Å². The van der Waals surface area contributed by atoms with Crippen molar-refractivity contribution in [2.24, 2.45) is 0 Å². The Hall–Kier alpha value is -2.64. The SMILES string of the molecule is O=C(NCCNC(=O)c1cc([N+](=O)[O-])ccc1Cl)c1ccc(Cl)cc1. The zero-order valence-electron chi connectivity index (χ0n) is 12.8. The molecule has 9 heteroatoms. The minimum Gasteiger partial charge on any atom is -0.350 e. The standard InChI is InChI=1S/C16H13Cl2N3O4/c17-11-3-1-10(2-4-11)15(22)19-7-8-20-16(23)13-9-12(21(24)25)5-6-14(13)18/h1-6,9H,7-8H2,(H,19,22)(H,20,23). The lowest BCUT2D eigenvalue weighted by Gasteiger charge is -2.08. The van der Waals surface area contributed by atoms with Crippen LogP contribution in [0.5, 0.6) is 0 Å². The van der Waals surface area contributed by atoms with Crippen molar-refractivity contribution >= 4 is 40.7 Å². The summed E-state index contributed by atoms with van der Waals surface area (Å²) >= 11 is 11.6. The van der Waals surface area contributed by atoms with Crippen molar-refractivity contribution < 1.29 is 14.5 Å². The monoisotopic (exact) mass is 381 g/mol. The van der Waals surface area contributed by atoms with Crippen LogP contribution in [0, 0.1) is 10.1 Å². The summed E-state index contributed by atoms with van der Waals surface area (Å²) in [5, 5.41) is 16.6. The van der Waals surface area contributed by atoms with E-state index in [2.05, 4.69) is 10.6 Å². The molecule has 0 heterocycles. The fraction of sp³-hybridized carbons (Fsp3) is 0.125. The zero-order chi connectivity index (χ0) is 18.4. The van der Waals surface area contributed by atoms with Gasteiger partial charge in [0.25, 0.3) is 17.5 Å². The van der Waals surface area contributed by atoms with Gasteiger partial charge in [0, 0.05) is 35.8 Å². The number of amides is 2. The molecule has 0 aliphatic heterocycles. The van der Waals surface area contributed by atoms with Crippen molar-refractivity contribution in [2.75, 3.05) is 13.1 Å². The summed E-state index contributed by atoms with van der Waals surface area (Å²) in [7, 11) is 0. The first-order chi connectivity index (χ1) is 11.9. The number of hydrogen-bond donors (Lipinski definition) is 2. The van der Waals surface area contributed by atoms with Crippen LogP contribution in [0.2, 0.25) is 10.0 Å². The molecule has 0 atom stereocenters. The van der Waals surface area contributed by atoms with Crippen LogP contribution in [-0.4, -0.2) is 29.8 Å². The molecule has 0 unspecified atom stereocenters. The van der Waals surface area contributed by atoms with Gasteiger partial charge in [-0.25, -0.2) is 0 Å². The molecule has 0 radical (unpaired) electrons. The van der Waals surface area contributed by atoms with Gasteiger partial charge in [0.2, 0.25) is 0 Å². The third-order valence-electron chi connectivity index (χ3n) is 3.21. The molecule has 7 nitrogen and oxygen atoms in total. The first kappa shape index (κ1) is 18.7. The van der Waals surface area contributed by atoms with Crippen molar-refractivity contribution in [3.05, 3.63) is 73.8 Å². The minimum absolute atomic E-state index is 0.0000977. The third-order valence-corrected chi connectivity index (χ3v) is 3.79. The van der Waals surface area contributed by atoms with Crippen LogP contribution in [0.15, 0.2) is 42.5 Å². The fourth-order valence-corrected chi connectivity index (χ4v) is 2.28. The molecule has 0 aliphatic rings. The first-order valence-corrected chi connectivity index (χ1v) is 7.90. The van der Waals surface area contributed by atoms with Crippen LogP contribution in [0.25, 0.3) is 0 Å². The van der Waals surface area contributed by atoms with Crippen LogP contribution in [-0.2, 0) is 0 Å². The van der Waals surface area contributed by atoms with Gasteiger partial charge in [-0.3, -0.25) is 19.7 Å². The van der Waals surface area contributed by atoms with Crippen LogP contribution in [0.1, 0.15) is 20.7 Å². The van der Waals surface area contributed by atoms with Gasteiger partial charge >= 0.3 is 0 Å². The van der Waals surface area contributed by atoms with Crippen molar-refractivity contribution in [3.8, 4) is 0 Å². The van der Waals surface area contributed by atoms with Crippen LogP contribution < -0.4 is 10.6 Å². The molecular weight excluding hydrogens is 369 g/mol. The van der Waals surface area contributed by atoms with E-state index in [9.17, 15) is 19.7 Å². The van der Waals surface area contributed by atoms with E-state index in [1.165, 1.54) is 12.1 Å². The third kappa shape index (κ3) is 5.17. The van der Waals surface area contributed by atoms with Crippen LogP contribution >= 0.6 is 23.2 Å². The molecule has 0 saturated carbocycles. The number of rotatable bonds is 6. The number of carbonyl (C=O) groups is 2. The number of non-ortho nitro benzene ring substituents is 1. The summed E-state index contributed by atoms with van der Waals surface area (Å²) in [6, 6.07) is 9.97. The predicted octanol–water partition coefficient (Wildman–Crippen LogP) is 3.06. The summed E-state index contributed by atoms with van der Waals surface area (Å²) in [4.78, 5) is 34.1. The molecule has 2 N–H and O–H groups in total. The van der Waals surface area contributed by atoms with Gasteiger partial charge in [-0.15, -0.1) is 0 Å². The van der Waals surface area contributed by atoms with E-state index < -0.39 is 10.8 Å². The Labute approximate surface area is 153 Å². The number of halogens is 2. The number of nitro benzene ring substituents is 1. The van der Waals surface area contributed by atoms with Crippen molar-refractivity contribution in [1.82, 2.24) is 10.6 Å². The summed E-state index contributed by atoms with van der Waals surface area (Å²) in [5.41, 5.74) is 0.211. The molecule has 2 rings (SSSR count). The van der Waals surface area contributed by atoms with E-state index in [0.717, 1.165) is 6.07 Å². The Morgan fingerprint density at radius 2 is 1.56 bits per heavy atom. The van der Waals surface area contributed by atoms with Gasteiger partial charge in [-0.1, -0.05) is 23.2 Å². The summed E-state index contributed by atoms with van der Waals surface area (Å²) in [5.74, 6) is -0.867. The average Bonchev–Trinajstić information content (AvgIpc) is 2.59. The topological polar surface area (TPSA) is 101 Å². The quantitative estimate of drug-likeness (QED) is 0.456. The van der Waals surface area contributed by atoms with Crippen molar-refractivity contribution in [3.63, 3.8) is 0 Å². The molecule has 0 spiro atoms. The molecule has 25 heavy (non-hydrogen) atoms. The second-order valence-corrected chi connectivity index (χ2v) is 5.78. The highest BCUT2D eigenvalue weighted by molar-refractivity contribution is 6.34. The lowest BCUT2D eigenvalue weighted by atomic mass is 10.2. The number of hydrogen-bond acceptors (Lipinski definition) is 4. The van der Waals surface area contributed by atoms with E-state index >= 15 is 0 Å². The Kier molecular flexibility index (Phi) is 6.32. The molecule has 0 aromatic heterocycles. The lowest BCUT2D eigenvalue weighted by molar-refractivity contribution is -0.384. The number of nitrogens with one attached hydrogen (secondary N) is 2. The zero-order valence-corrected chi connectivity index (χ0v) is 14.3. The van der Waals surface area contributed by atoms with E-state index in [0.29, 0.717) is 10.6 Å². The van der Waals surface area contributed by atoms with Gasteiger partial charge in [0.15, 0.2) is 0 Å². The Morgan fingerprint density at radius 3 is 2.16 bits per heavy atom. The number of benzene rings is 2. The fourth-order valence-electron chi connectivity index (χ4n) is 1.95. The van der Waals surface area contributed by atoms with E-state index in [1.807, 2.05) is 0 Å². The van der Waals surface area contributed by atoms with Gasteiger partial charge in [-0.2, -0.15) is 0 Å². The lowest BCUT2D eigenvalue weighted by Crippen LogP contribution is -2.34. The number of carbonyl (C=O) groups excluding carboxylic acids is 2. The van der Waals surface area contributed by atoms with E-state index in [4.69, 9.17) is 23.2 Å². The van der Waals surface area contributed by atoms with Crippen LogP contribution in [0.3, 0.4) is 0 Å². The number of nitro groups is 1. The van der Waals surface area contributed by atoms with Gasteiger partial charge < -0.3 is 10.6 Å².